The van der Waals surface area contributed by atoms with Crippen LogP contribution in [0.1, 0.15) is 57.3 Å². The normalized spacial score (nSPS) is 14.0. The maximum absolute atomic E-state index is 12.8. The number of aromatic nitrogens is 4. The van der Waals surface area contributed by atoms with Gasteiger partial charge in [0.05, 0.1) is 23.6 Å². The minimum atomic E-state index is -0.277. The van der Waals surface area contributed by atoms with Crippen LogP contribution in [0.4, 0.5) is 0 Å². The second-order valence-electron chi connectivity index (χ2n) is 11.5. The van der Waals surface area contributed by atoms with Gasteiger partial charge < -0.3 is 20.1 Å². The maximum Gasteiger partial charge on any atom is 0.270 e. The number of carbonyl (C=O) groups is 3. The molecule has 2 N–H and O–H groups in total. The van der Waals surface area contributed by atoms with E-state index < -0.39 is 0 Å². The highest BCUT2D eigenvalue weighted by molar-refractivity contribution is 5.99. The van der Waals surface area contributed by atoms with Crippen LogP contribution in [0.2, 0.25) is 0 Å². The van der Waals surface area contributed by atoms with Gasteiger partial charge in [0.15, 0.2) is 0 Å². The van der Waals surface area contributed by atoms with Gasteiger partial charge >= 0.3 is 0 Å². The van der Waals surface area contributed by atoms with Gasteiger partial charge in [-0.05, 0) is 40.8 Å². The van der Waals surface area contributed by atoms with Crippen LogP contribution < -0.4 is 10.6 Å². The maximum atomic E-state index is 12.8. The van der Waals surface area contributed by atoms with Gasteiger partial charge in [-0.1, -0.05) is 49.4 Å². The average molecular weight is 612 g/mol. The van der Waals surface area contributed by atoms with Crippen LogP contribution in [0.3, 0.4) is 0 Å². The second-order valence-corrected chi connectivity index (χ2v) is 11.5. The summed E-state index contributed by atoms with van der Waals surface area (Å²) in [6.45, 7) is 6.53. The number of hydrogen-bond acceptors (Lipinski definition) is 6. The van der Waals surface area contributed by atoms with E-state index in [0.29, 0.717) is 37.4 Å². The van der Waals surface area contributed by atoms with Crippen LogP contribution in [0.25, 0.3) is 39.4 Å². The first-order chi connectivity index (χ1) is 22.4. The predicted molar refractivity (Wildman–Crippen MR) is 176 cm³/mol. The number of aryl methyl sites for hydroxylation is 1. The molecule has 2 aliphatic heterocycles. The zero-order valence-electron chi connectivity index (χ0n) is 25.7. The number of carbonyl (C=O) groups excluding carboxylic acids is 3. The van der Waals surface area contributed by atoms with Gasteiger partial charge in [0.25, 0.3) is 11.8 Å². The van der Waals surface area contributed by atoms with Crippen molar-refractivity contribution in [2.24, 2.45) is 0 Å². The number of pyridine rings is 2. The summed E-state index contributed by atoms with van der Waals surface area (Å²) in [5, 5.41) is 7.70. The van der Waals surface area contributed by atoms with Crippen molar-refractivity contribution >= 4 is 34.6 Å². The van der Waals surface area contributed by atoms with E-state index in [1.165, 1.54) is 0 Å². The van der Waals surface area contributed by atoms with Crippen molar-refractivity contribution in [3.05, 3.63) is 107 Å². The SMILES string of the molecule is CCc1nc(-c2cccc3cc(-c4ccc(C(=O)NC/C=C/c5cccc6c5CNC6=O)nc4)ncc23)c2n1CCN(C(C)=O)C2. The number of hydrogen-bond donors (Lipinski definition) is 2. The Morgan fingerprint density at radius 3 is 2.67 bits per heavy atom. The quantitative estimate of drug-likeness (QED) is 0.274. The third kappa shape index (κ3) is 5.32. The molecule has 10 heteroatoms. The van der Waals surface area contributed by atoms with Crippen LogP contribution in [0.5, 0.6) is 0 Å². The molecule has 0 aliphatic carbocycles. The Hall–Kier alpha value is -5.64. The van der Waals surface area contributed by atoms with Crippen LogP contribution in [0.15, 0.2) is 73.1 Å². The first-order valence-electron chi connectivity index (χ1n) is 15.5. The zero-order chi connectivity index (χ0) is 31.8. The monoisotopic (exact) mass is 611 g/mol. The summed E-state index contributed by atoms with van der Waals surface area (Å²) in [4.78, 5) is 52.9. The highest BCUT2D eigenvalue weighted by atomic mass is 16.2. The minimum absolute atomic E-state index is 0.0573. The van der Waals surface area contributed by atoms with E-state index in [1.807, 2.05) is 59.6 Å². The fraction of sp³-hybridized carbons (Fsp3) is 0.222. The van der Waals surface area contributed by atoms with E-state index in [1.54, 1.807) is 19.2 Å². The van der Waals surface area contributed by atoms with E-state index >= 15 is 0 Å². The van der Waals surface area contributed by atoms with Crippen LogP contribution in [0, 0.1) is 0 Å². The molecular weight excluding hydrogens is 578 g/mol. The summed E-state index contributed by atoms with van der Waals surface area (Å²) < 4.78 is 2.25. The lowest BCUT2D eigenvalue weighted by molar-refractivity contribution is -0.130. The Morgan fingerprint density at radius 1 is 1.02 bits per heavy atom. The van der Waals surface area contributed by atoms with Gasteiger partial charge in [0, 0.05) is 74.0 Å². The van der Waals surface area contributed by atoms with Crippen molar-refractivity contribution in [2.75, 3.05) is 13.1 Å². The first-order valence-corrected chi connectivity index (χ1v) is 15.5. The Kier molecular flexibility index (Phi) is 7.61. The van der Waals surface area contributed by atoms with Crippen molar-refractivity contribution in [3.63, 3.8) is 0 Å². The molecule has 0 bridgehead atoms. The highest BCUT2D eigenvalue weighted by Crippen LogP contribution is 2.34. The van der Waals surface area contributed by atoms with E-state index in [9.17, 15) is 14.4 Å². The molecular formula is C36H33N7O3. The number of rotatable bonds is 7. The second kappa shape index (κ2) is 12.0. The summed E-state index contributed by atoms with van der Waals surface area (Å²) in [5.74, 6) is 0.757. The fourth-order valence-corrected chi connectivity index (χ4v) is 6.28. The molecule has 2 aliphatic rings. The molecule has 10 nitrogen and oxygen atoms in total. The predicted octanol–water partition coefficient (Wildman–Crippen LogP) is 4.77. The van der Waals surface area contributed by atoms with Crippen molar-refractivity contribution in [1.82, 2.24) is 35.1 Å². The molecule has 5 heterocycles. The Bertz CT molecular complexity index is 2050. The first kappa shape index (κ1) is 29.1. The van der Waals surface area contributed by atoms with E-state index in [4.69, 9.17) is 9.97 Å². The van der Waals surface area contributed by atoms with Crippen molar-refractivity contribution in [2.45, 2.75) is 39.9 Å². The van der Waals surface area contributed by atoms with Gasteiger partial charge in [-0.25, -0.2) is 4.98 Å². The van der Waals surface area contributed by atoms with Gasteiger partial charge in [0.2, 0.25) is 5.91 Å². The molecule has 0 radical (unpaired) electrons. The lowest BCUT2D eigenvalue weighted by Gasteiger charge is -2.28. The molecule has 5 aromatic rings. The lowest BCUT2D eigenvalue weighted by Crippen LogP contribution is -2.37. The highest BCUT2D eigenvalue weighted by Gasteiger charge is 2.26. The molecule has 0 atom stereocenters. The van der Waals surface area contributed by atoms with Gasteiger partial charge in [-0.2, -0.15) is 0 Å². The van der Waals surface area contributed by atoms with E-state index in [2.05, 4.69) is 39.2 Å². The Morgan fingerprint density at radius 2 is 1.87 bits per heavy atom. The topological polar surface area (TPSA) is 122 Å². The van der Waals surface area contributed by atoms with E-state index in [-0.39, 0.29) is 17.7 Å². The number of fused-ring (bicyclic) bond motifs is 3. The fourth-order valence-electron chi connectivity index (χ4n) is 6.28. The molecule has 0 saturated heterocycles. The number of amides is 3. The van der Waals surface area contributed by atoms with Crippen molar-refractivity contribution < 1.29 is 14.4 Å². The van der Waals surface area contributed by atoms with Crippen molar-refractivity contribution in [3.8, 4) is 22.5 Å². The third-order valence-electron chi connectivity index (χ3n) is 8.72. The molecule has 230 valence electrons. The zero-order valence-corrected chi connectivity index (χ0v) is 25.7. The number of imidazole rings is 1. The molecule has 7 rings (SSSR count). The van der Waals surface area contributed by atoms with Gasteiger partial charge in [-0.3, -0.25) is 24.4 Å². The smallest absolute Gasteiger partial charge is 0.270 e. The average Bonchev–Trinajstić information content (AvgIpc) is 3.66. The van der Waals surface area contributed by atoms with Crippen LogP contribution in [-0.4, -0.2) is 55.2 Å². The molecule has 0 unspecified atom stereocenters. The number of nitrogens with one attached hydrogen (secondary N) is 2. The standard InChI is InChI=1S/C36H33N7O3/c1-3-33-41-34(32-21-42(22(2)44)15-16-43(32)33)26-10-5-8-24-17-31(39-19-29(24)26)25-12-13-30(38-18-25)36(46)37-14-6-9-23-7-4-11-27-28(23)20-40-35(27)45/h4-13,17-19H,3,14-16,20-21H2,1-2H3,(H,37,46)(H,40,45)/b9-6+. The summed E-state index contributed by atoms with van der Waals surface area (Å²) in [6, 6.07) is 17.3. The van der Waals surface area contributed by atoms with Crippen LogP contribution >= 0.6 is 0 Å². The van der Waals surface area contributed by atoms with Gasteiger partial charge in [0.1, 0.15) is 11.5 Å². The minimum Gasteiger partial charge on any atom is -0.348 e. The third-order valence-corrected chi connectivity index (χ3v) is 8.72. The summed E-state index contributed by atoms with van der Waals surface area (Å²) in [6.07, 6.45) is 8.12. The summed E-state index contributed by atoms with van der Waals surface area (Å²) >= 11 is 0. The summed E-state index contributed by atoms with van der Waals surface area (Å²) in [5.41, 5.74) is 7.43. The number of benzene rings is 2. The molecule has 3 aromatic heterocycles. The summed E-state index contributed by atoms with van der Waals surface area (Å²) in [7, 11) is 0. The molecule has 0 spiro atoms. The van der Waals surface area contributed by atoms with E-state index in [0.717, 1.165) is 68.9 Å². The molecule has 2 aromatic carbocycles. The molecule has 46 heavy (non-hydrogen) atoms. The number of nitrogens with zero attached hydrogens (tertiary/aromatic N) is 5. The Balaban J connectivity index is 1.07. The van der Waals surface area contributed by atoms with Crippen molar-refractivity contribution in [1.29, 1.82) is 0 Å². The lowest BCUT2D eigenvalue weighted by atomic mass is 10.0. The molecule has 3 amide bonds. The Labute approximate surface area is 266 Å². The van der Waals surface area contributed by atoms with Crippen LogP contribution in [-0.2, 0) is 30.8 Å². The largest absolute Gasteiger partial charge is 0.348 e. The molecule has 0 saturated carbocycles. The van der Waals surface area contributed by atoms with Gasteiger partial charge in [-0.15, -0.1) is 0 Å². The molecule has 0 fully saturated rings.